The quantitative estimate of drug-likeness (QED) is 0.503. The smallest absolute Gasteiger partial charge is 0.271 e. The number of thiazole rings is 1. The zero-order chi connectivity index (χ0) is 19.3. The number of hydrogen-bond acceptors (Lipinski definition) is 5. The van der Waals surface area contributed by atoms with Crippen molar-refractivity contribution in [2.24, 2.45) is 0 Å². The second kappa shape index (κ2) is 6.56. The summed E-state index contributed by atoms with van der Waals surface area (Å²) in [5.74, 6) is 0.993. The first-order valence-electron chi connectivity index (χ1n) is 9.02. The number of rotatable bonds is 5. The lowest BCUT2D eigenvalue weighted by Gasteiger charge is -2.14. The first-order valence-corrected chi connectivity index (χ1v) is 9.90. The van der Waals surface area contributed by atoms with Gasteiger partial charge in [-0.05, 0) is 37.1 Å². The SMILES string of the molecule is CN(Cc1cc(C2CC2)on1)C(=O)c1csc2nc(-c3ccc(F)cc3)cn12. The molecule has 3 aromatic heterocycles. The number of halogens is 1. The maximum Gasteiger partial charge on any atom is 0.271 e. The van der Waals surface area contributed by atoms with Crippen molar-refractivity contribution in [1.29, 1.82) is 0 Å². The van der Waals surface area contributed by atoms with Crippen molar-refractivity contribution in [3.05, 3.63) is 64.9 Å². The van der Waals surface area contributed by atoms with Gasteiger partial charge in [-0.1, -0.05) is 5.16 Å². The summed E-state index contributed by atoms with van der Waals surface area (Å²) in [4.78, 5) is 19.8. The number of benzene rings is 1. The lowest BCUT2D eigenvalue weighted by molar-refractivity contribution is 0.0775. The Morgan fingerprint density at radius 2 is 2.14 bits per heavy atom. The van der Waals surface area contributed by atoms with Crippen LogP contribution in [0.4, 0.5) is 4.39 Å². The van der Waals surface area contributed by atoms with Crippen LogP contribution in [0.5, 0.6) is 0 Å². The molecule has 1 aliphatic rings. The predicted molar refractivity (Wildman–Crippen MR) is 103 cm³/mol. The van der Waals surface area contributed by atoms with Crippen LogP contribution in [0.15, 0.2) is 46.4 Å². The predicted octanol–water partition coefficient (Wildman–Crippen LogP) is 4.34. The van der Waals surface area contributed by atoms with Crippen LogP contribution in [-0.2, 0) is 6.54 Å². The third-order valence-electron chi connectivity index (χ3n) is 4.87. The fourth-order valence-electron chi connectivity index (χ4n) is 3.17. The van der Waals surface area contributed by atoms with Gasteiger partial charge in [-0.2, -0.15) is 0 Å². The Labute approximate surface area is 164 Å². The van der Waals surface area contributed by atoms with Crippen LogP contribution in [-0.4, -0.2) is 32.4 Å². The molecule has 0 spiro atoms. The second-order valence-corrected chi connectivity index (χ2v) is 7.90. The highest BCUT2D eigenvalue weighted by Gasteiger charge is 2.28. The van der Waals surface area contributed by atoms with Crippen molar-refractivity contribution in [2.75, 3.05) is 7.05 Å². The minimum Gasteiger partial charge on any atom is -0.361 e. The maximum atomic E-state index is 13.1. The molecule has 0 aliphatic heterocycles. The van der Waals surface area contributed by atoms with Crippen molar-refractivity contribution in [3.63, 3.8) is 0 Å². The molecular formula is C20H17FN4O2S. The van der Waals surface area contributed by atoms with Crippen LogP contribution in [0.2, 0.25) is 0 Å². The highest BCUT2D eigenvalue weighted by molar-refractivity contribution is 7.15. The number of carbonyl (C=O) groups is 1. The molecule has 0 radical (unpaired) electrons. The summed E-state index contributed by atoms with van der Waals surface area (Å²) in [5, 5.41) is 5.88. The fourth-order valence-corrected chi connectivity index (χ4v) is 4.02. The van der Waals surface area contributed by atoms with Crippen LogP contribution >= 0.6 is 11.3 Å². The zero-order valence-electron chi connectivity index (χ0n) is 15.1. The molecule has 142 valence electrons. The number of imidazole rings is 1. The van der Waals surface area contributed by atoms with E-state index in [9.17, 15) is 9.18 Å². The maximum absolute atomic E-state index is 13.1. The average Bonchev–Trinajstić information content (AvgIpc) is 3.10. The normalized spacial score (nSPS) is 13.9. The number of nitrogens with zero attached hydrogens (tertiary/aromatic N) is 4. The van der Waals surface area contributed by atoms with E-state index in [1.807, 2.05) is 6.07 Å². The Bertz CT molecular complexity index is 1160. The first-order chi connectivity index (χ1) is 13.6. The first kappa shape index (κ1) is 17.1. The van der Waals surface area contributed by atoms with Gasteiger partial charge in [0, 0.05) is 36.2 Å². The highest BCUT2D eigenvalue weighted by atomic mass is 32.1. The molecule has 4 aromatic rings. The minimum absolute atomic E-state index is 0.120. The highest BCUT2D eigenvalue weighted by Crippen LogP contribution is 2.40. The molecule has 0 saturated heterocycles. The van der Waals surface area contributed by atoms with E-state index in [4.69, 9.17) is 4.52 Å². The van der Waals surface area contributed by atoms with Crippen LogP contribution in [0, 0.1) is 5.82 Å². The molecule has 6 nitrogen and oxygen atoms in total. The van der Waals surface area contributed by atoms with E-state index in [-0.39, 0.29) is 11.7 Å². The largest absolute Gasteiger partial charge is 0.361 e. The molecule has 1 aliphatic carbocycles. The van der Waals surface area contributed by atoms with E-state index in [0.717, 1.165) is 29.9 Å². The summed E-state index contributed by atoms with van der Waals surface area (Å²) in [6.07, 6.45) is 4.10. The van der Waals surface area contributed by atoms with Gasteiger partial charge in [-0.25, -0.2) is 9.37 Å². The van der Waals surface area contributed by atoms with E-state index in [1.165, 1.54) is 23.5 Å². The van der Waals surface area contributed by atoms with Crippen molar-refractivity contribution < 1.29 is 13.7 Å². The standard InChI is InChI=1S/C20H17FN4O2S/c1-24(9-15-8-18(27-23-15)13-2-3-13)19(26)17-11-28-20-22-16(10-25(17)20)12-4-6-14(21)7-5-12/h4-8,10-11,13H,2-3,9H2,1H3. The van der Waals surface area contributed by atoms with E-state index < -0.39 is 0 Å². The average molecular weight is 396 g/mol. The van der Waals surface area contributed by atoms with Crippen LogP contribution in [0.25, 0.3) is 16.2 Å². The summed E-state index contributed by atoms with van der Waals surface area (Å²) >= 11 is 1.40. The molecule has 5 rings (SSSR count). The Morgan fingerprint density at radius 3 is 2.89 bits per heavy atom. The molecule has 1 saturated carbocycles. The Hall–Kier alpha value is -3.00. The molecule has 8 heteroatoms. The van der Waals surface area contributed by atoms with Gasteiger partial charge in [-0.15, -0.1) is 11.3 Å². The van der Waals surface area contributed by atoms with Crippen LogP contribution in [0.3, 0.4) is 0 Å². The summed E-state index contributed by atoms with van der Waals surface area (Å²) in [5.41, 5.74) is 2.80. The van der Waals surface area contributed by atoms with Gasteiger partial charge in [-0.3, -0.25) is 9.20 Å². The topological polar surface area (TPSA) is 63.6 Å². The van der Waals surface area contributed by atoms with Gasteiger partial charge in [0.1, 0.15) is 23.0 Å². The van der Waals surface area contributed by atoms with Gasteiger partial charge < -0.3 is 9.42 Å². The molecule has 28 heavy (non-hydrogen) atoms. The lowest BCUT2D eigenvalue weighted by Crippen LogP contribution is -2.27. The molecule has 0 atom stereocenters. The molecule has 0 bridgehead atoms. The van der Waals surface area contributed by atoms with Crippen molar-refractivity contribution in [2.45, 2.75) is 25.3 Å². The Kier molecular flexibility index (Phi) is 4.01. The summed E-state index contributed by atoms with van der Waals surface area (Å²) < 4.78 is 20.3. The lowest BCUT2D eigenvalue weighted by atomic mass is 10.2. The Morgan fingerprint density at radius 1 is 1.36 bits per heavy atom. The molecule has 0 unspecified atom stereocenters. The van der Waals surface area contributed by atoms with E-state index in [0.29, 0.717) is 28.8 Å². The molecule has 3 heterocycles. The van der Waals surface area contributed by atoms with E-state index in [2.05, 4.69) is 10.1 Å². The van der Waals surface area contributed by atoms with Crippen LogP contribution in [0.1, 0.15) is 40.7 Å². The number of carbonyl (C=O) groups excluding carboxylic acids is 1. The van der Waals surface area contributed by atoms with E-state index in [1.54, 1.807) is 40.1 Å². The number of aromatic nitrogens is 3. The van der Waals surface area contributed by atoms with Crippen LogP contribution < -0.4 is 0 Å². The van der Waals surface area contributed by atoms with E-state index >= 15 is 0 Å². The minimum atomic E-state index is -0.292. The van der Waals surface area contributed by atoms with Gasteiger partial charge in [0.15, 0.2) is 4.96 Å². The van der Waals surface area contributed by atoms with Crippen molar-refractivity contribution in [3.8, 4) is 11.3 Å². The zero-order valence-corrected chi connectivity index (χ0v) is 15.9. The third kappa shape index (κ3) is 3.09. The monoisotopic (exact) mass is 396 g/mol. The molecule has 1 amide bonds. The van der Waals surface area contributed by atoms with Gasteiger partial charge >= 0.3 is 0 Å². The number of amides is 1. The summed E-state index contributed by atoms with van der Waals surface area (Å²) in [7, 11) is 1.75. The van der Waals surface area contributed by atoms with Gasteiger partial charge in [0.2, 0.25) is 0 Å². The Balaban J connectivity index is 1.38. The molecule has 1 fully saturated rings. The summed E-state index contributed by atoms with van der Waals surface area (Å²) in [6.45, 7) is 0.381. The number of fused-ring (bicyclic) bond motifs is 1. The molecular weight excluding hydrogens is 379 g/mol. The summed E-state index contributed by atoms with van der Waals surface area (Å²) in [6, 6.07) is 8.09. The van der Waals surface area contributed by atoms with Crippen molar-refractivity contribution >= 4 is 22.2 Å². The van der Waals surface area contributed by atoms with Crippen molar-refractivity contribution in [1.82, 2.24) is 19.4 Å². The van der Waals surface area contributed by atoms with Gasteiger partial charge in [0.25, 0.3) is 5.91 Å². The third-order valence-corrected chi connectivity index (χ3v) is 5.71. The molecule has 0 N–H and O–H groups in total. The fraction of sp³-hybridized carbons (Fsp3) is 0.250. The second-order valence-electron chi connectivity index (χ2n) is 7.06. The number of hydrogen-bond donors (Lipinski definition) is 0. The molecule has 1 aromatic carbocycles. The van der Waals surface area contributed by atoms with Gasteiger partial charge in [0.05, 0.1) is 12.2 Å².